The lowest BCUT2D eigenvalue weighted by Crippen LogP contribution is -2.35. The highest BCUT2D eigenvalue weighted by atomic mass is 32.2. The summed E-state index contributed by atoms with van der Waals surface area (Å²) in [7, 11) is -3.09. The summed E-state index contributed by atoms with van der Waals surface area (Å²) >= 11 is 0. The molecule has 0 aromatic rings. The monoisotopic (exact) mass is 202 g/mol. The average Bonchev–Trinajstić information content (AvgIpc) is 2.10. The third kappa shape index (κ3) is 1.77. The van der Waals surface area contributed by atoms with Crippen molar-refractivity contribution < 1.29 is 13.5 Å². The summed E-state index contributed by atoms with van der Waals surface area (Å²) in [5.74, 6) is 0.270. The molecule has 0 amide bonds. The van der Waals surface area contributed by atoms with Crippen LogP contribution in [0.1, 0.15) is 20.3 Å². The van der Waals surface area contributed by atoms with Crippen molar-refractivity contribution in [2.75, 3.05) is 5.75 Å². The molecule has 0 aliphatic heterocycles. The Hall–Kier alpha value is -0.770. The third-order valence-corrected chi connectivity index (χ3v) is 4.90. The molecule has 0 heterocycles. The van der Waals surface area contributed by atoms with Crippen LogP contribution < -0.4 is 0 Å². The van der Waals surface area contributed by atoms with E-state index < -0.39 is 14.6 Å². The molecular formula is C9H14O3S. The second-order valence-corrected chi connectivity index (χ2v) is 6.12. The molecule has 0 saturated carbocycles. The molecule has 4 heteroatoms. The second kappa shape index (κ2) is 3.18. The van der Waals surface area contributed by atoms with Gasteiger partial charge >= 0.3 is 0 Å². The van der Waals surface area contributed by atoms with E-state index >= 15 is 0 Å². The molecular weight excluding hydrogens is 188 g/mol. The van der Waals surface area contributed by atoms with Crippen molar-refractivity contribution in [1.82, 2.24) is 0 Å². The highest BCUT2D eigenvalue weighted by Gasteiger charge is 2.35. The van der Waals surface area contributed by atoms with Gasteiger partial charge in [0.05, 0.1) is 4.75 Å². The van der Waals surface area contributed by atoms with Crippen LogP contribution >= 0.6 is 0 Å². The van der Waals surface area contributed by atoms with Crippen LogP contribution in [0.2, 0.25) is 0 Å². The van der Waals surface area contributed by atoms with Crippen LogP contribution in [-0.4, -0.2) is 24.0 Å². The van der Waals surface area contributed by atoms with E-state index in [4.69, 9.17) is 5.11 Å². The molecule has 0 bridgehead atoms. The average molecular weight is 202 g/mol. The number of sulfone groups is 1. The molecule has 0 aromatic carbocycles. The fourth-order valence-electron chi connectivity index (χ4n) is 1.27. The summed E-state index contributed by atoms with van der Waals surface area (Å²) in [6, 6.07) is 0. The molecule has 1 N–H and O–H groups in total. The molecule has 1 aliphatic carbocycles. The van der Waals surface area contributed by atoms with E-state index in [1.54, 1.807) is 19.9 Å². The van der Waals surface area contributed by atoms with Crippen molar-refractivity contribution in [3.63, 3.8) is 0 Å². The number of allylic oxidation sites excluding steroid dienone is 2. The fraction of sp³-hybridized carbons (Fsp3) is 0.556. The van der Waals surface area contributed by atoms with E-state index in [0.717, 1.165) is 0 Å². The topological polar surface area (TPSA) is 54.4 Å². The maximum absolute atomic E-state index is 11.6. The molecule has 13 heavy (non-hydrogen) atoms. The molecule has 0 fully saturated rings. The summed E-state index contributed by atoms with van der Waals surface area (Å²) in [5, 5.41) is 9.06. The zero-order chi connectivity index (χ0) is 10.1. The van der Waals surface area contributed by atoms with Gasteiger partial charge in [-0.2, -0.15) is 0 Å². The van der Waals surface area contributed by atoms with Gasteiger partial charge in [0.1, 0.15) is 5.76 Å². The van der Waals surface area contributed by atoms with E-state index in [1.807, 2.05) is 0 Å². The second-order valence-electron chi connectivity index (χ2n) is 3.38. The van der Waals surface area contributed by atoms with Crippen LogP contribution in [0.15, 0.2) is 24.0 Å². The minimum absolute atomic E-state index is 0.127. The highest BCUT2D eigenvalue weighted by molar-refractivity contribution is 7.92. The third-order valence-electron chi connectivity index (χ3n) is 2.41. The van der Waals surface area contributed by atoms with Crippen molar-refractivity contribution in [2.24, 2.45) is 0 Å². The fourth-order valence-corrected chi connectivity index (χ4v) is 2.54. The molecule has 1 atom stereocenters. The van der Waals surface area contributed by atoms with Crippen molar-refractivity contribution in [3.05, 3.63) is 24.0 Å². The van der Waals surface area contributed by atoms with E-state index in [1.165, 1.54) is 12.2 Å². The lowest BCUT2D eigenvalue weighted by Gasteiger charge is -2.26. The van der Waals surface area contributed by atoms with Gasteiger partial charge in [-0.25, -0.2) is 8.42 Å². The van der Waals surface area contributed by atoms with E-state index in [9.17, 15) is 8.42 Å². The van der Waals surface area contributed by atoms with Gasteiger partial charge in [0, 0.05) is 5.75 Å². The van der Waals surface area contributed by atoms with Gasteiger partial charge in [-0.3, -0.25) is 0 Å². The first-order valence-electron chi connectivity index (χ1n) is 4.22. The predicted octanol–water partition coefficient (Wildman–Crippen LogP) is 1.58. The Morgan fingerprint density at radius 1 is 1.62 bits per heavy atom. The van der Waals surface area contributed by atoms with Gasteiger partial charge < -0.3 is 5.11 Å². The summed E-state index contributed by atoms with van der Waals surface area (Å²) in [5.41, 5.74) is 0. The number of rotatable bonds is 2. The van der Waals surface area contributed by atoms with Crippen LogP contribution in [0.5, 0.6) is 0 Å². The van der Waals surface area contributed by atoms with Gasteiger partial charge in [-0.05, 0) is 25.5 Å². The Morgan fingerprint density at radius 2 is 2.23 bits per heavy atom. The molecule has 0 spiro atoms. The van der Waals surface area contributed by atoms with Gasteiger partial charge in [0.15, 0.2) is 9.84 Å². The largest absolute Gasteiger partial charge is 0.508 e. The van der Waals surface area contributed by atoms with Crippen LogP contribution in [0.3, 0.4) is 0 Å². The Kier molecular flexibility index (Phi) is 2.52. The summed E-state index contributed by atoms with van der Waals surface area (Å²) in [6.07, 6.45) is 4.89. The Labute approximate surface area is 78.7 Å². The number of hydrogen-bond donors (Lipinski definition) is 1. The molecule has 1 rings (SSSR count). The minimum Gasteiger partial charge on any atom is -0.508 e. The van der Waals surface area contributed by atoms with E-state index in [-0.39, 0.29) is 11.5 Å². The van der Waals surface area contributed by atoms with Crippen molar-refractivity contribution in [3.8, 4) is 0 Å². The van der Waals surface area contributed by atoms with Gasteiger partial charge in [0.2, 0.25) is 0 Å². The number of aliphatic hydroxyl groups is 1. The number of aliphatic hydroxyl groups excluding tert-OH is 1. The van der Waals surface area contributed by atoms with E-state index in [2.05, 4.69) is 0 Å². The molecule has 74 valence electrons. The maximum Gasteiger partial charge on any atom is 0.159 e. The van der Waals surface area contributed by atoms with Crippen LogP contribution in [-0.2, 0) is 9.84 Å². The van der Waals surface area contributed by atoms with Crippen LogP contribution in [0.25, 0.3) is 0 Å². The maximum atomic E-state index is 11.6. The Bertz CT molecular complexity index is 351. The first-order chi connectivity index (χ1) is 5.91. The SMILES string of the molecule is CCS(=O)(=O)C1(C)C=CC(O)=CC1. The summed E-state index contributed by atoms with van der Waals surface area (Å²) < 4.78 is 22.4. The molecule has 1 aliphatic rings. The van der Waals surface area contributed by atoms with E-state index in [0.29, 0.717) is 6.42 Å². The Morgan fingerprint density at radius 3 is 2.62 bits per heavy atom. The molecule has 0 saturated heterocycles. The molecule has 1 unspecified atom stereocenters. The molecule has 3 nitrogen and oxygen atoms in total. The standard InChI is InChI=1S/C9H14O3S/c1-3-13(11,12)9(2)6-4-8(10)5-7-9/h4-6,10H,3,7H2,1-2H3. The zero-order valence-electron chi connectivity index (χ0n) is 7.82. The lowest BCUT2D eigenvalue weighted by atomic mass is 10.0. The van der Waals surface area contributed by atoms with Gasteiger partial charge in [-0.1, -0.05) is 13.0 Å². The molecule has 0 radical (unpaired) electrons. The number of hydrogen-bond acceptors (Lipinski definition) is 3. The summed E-state index contributed by atoms with van der Waals surface area (Å²) in [4.78, 5) is 0. The first-order valence-corrected chi connectivity index (χ1v) is 5.87. The highest BCUT2D eigenvalue weighted by Crippen LogP contribution is 2.28. The smallest absolute Gasteiger partial charge is 0.159 e. The van der Waals surface area contributed by atoms with Gasteiger partial charge in [-0.15, -0.1) is 0 Å². The summed E-state index contributed by atoms with van der Waals surface area (Å²) in [6.45, 7) is 3.30. The predicted molar refractivity (Wildman–Crippen MR) is 52.3 cm³/mol. The zero-order valence-corrected chi connectivity index (χ0v) is 8.63. The van der Waals surface area contributed by atoms with Crippen molar-refractivity contribution >= 4 is 9.84 Å². The first kappa shape index (κ1) is 10.3. The van der Waals surface area contributed by atoms with Crippen LogP contribution in [0, 0.1) is 0 Å². The van der Waals surface area contributed by atoms with Crippen LogP contribution in [0.4, 0.5) is 0 Å². The van der Waals surface area contributed by atoms with Crippen molar-refractivity contribution in [1.29, 1.82) is 0 Å². The van der Waals surface area contributed by atoms with Crippen molar-refractivity contribution in [2.45, 2.75) is 25.0 Å². The normalized spacial score (nSPS) is 28.6. The lowest BCUT2D eigenvalue weighted by molar-refractivity contribution is 0.423. The van der Waals surface area contributed by atoms with Gasteiger partial charge in [0.25, 0.3) is 0 Å². The Balaban J connectivity index is 3.01. The minimum atomic E-state index is -3.09. The quantitative estimate of drug-likeness (QED) is 0.739. The molecule has 0 aromatic heterocycles.